The second-order valence-corrected chi connectivity index (χ2v) is 7.84. The lowest BCUT2D eigenvalue weighted by Crippen LogP contribution is -2.30. The van der Waals surface area contributed by atoms with Gasteiger partial charge in [-0.15, -0.1) is 11.3 Å². The number of hydrogen-bond acceptors (Lipinski definition) is 4. The fraction of sp³-hybridized carbons (Fsp3) is 0.238. The maximum absolute atomic E-state index is 13.4. The molecule has 2 heterocycles. The Morgan fingerprint density at radius 3 is 2.79 bits per heavy atom. The van der Waals surface area contributed by atoms with Gasteiger partial charge in [0.25, 0.3) is 5.91 Å². The molecule has 1 aliphatic heterocycles. The lowest BCUT2D eigenvalue weighted by molar-refractivity contribution is 0.0952. The first kappa shape index (κ1) is 18.6. The SMILES string of the molecule is O=C(NCC1CCN(c2ccc(F)c(F)c2)C1)c1cnc(-c2ccccc2)s1. The van der Waals surface area contributed by atoms with Crippen LogP contribution >= 0.6 is 11.3 Å². The molecular weight excluding hydrogens is 380 g/mol. The summed E-state index contributed by atoms with van der Waals surface area (Å²) in [6, 6.07) is 13.7. The molecule has 0 bridgehead atoms. The number of hydrogen-bond donors (Lipinski definition) is 1. The van der Waals surface area contributed by atoms with E-state index in [1.807, 2.05) is 35.2 Å². The molecule has 1 N–H and O–H groups in total. The largest absolute Gasteiger partial charge is 0.371 e. The van der Waals surface area contributed by atoms with Crippen molar-refractivity contribution in [3.05, 3.63) is 71.2 Å². The van der Waals surface area contributed by atoms with Gasteiger partial charge >= 0.3 is 0 Å². The van der Waals surface area contributed by atoms with Crippen molar-refractivity contribution < 1.29 is 13.6 Å². The van der Waals surface area contributed by atoms with E-state index in [0.29, 0.717) is 23.7 Å². The van der Waals surface area contributed by atoms with Gasteiger partial charge in [-0.25, -0.2) is 13.8 Å². The summed E-state index contributed by atoms with van der Waals surface area (Å²) >= 11 is 1.37. The van der Waals surface area contributed by atoms with Crippen LogP contribution in [0.25, 0.3) is 10.6 Å². The number of nitrogens with zero attached hydrogens (tertiary/aromatic N) is 2. The lowest BCUT2D eigenvalue weighted by atomic mass is 10.1. The van der Waals surface area contributed by atoms with E-state index in [1.54, 1.807) is 12.3 Å². The molecule has 4 nitrogen and oxygen atoms in total. The van der Waals surface area contributed by atoms with E-state index in [9.17, 15) is 13.6 Å². The van der Waals surface area contributed by atoms with Gasteiger partial charge in [-0.3, -0.25) is 4.79 Å². The number of benzene rings is 2. The molecule has 144 valence electrons. The Kier molecular flexibility index (Phi) is 5.34. The van der Waals surface area contributed by atoms with Crippen LogP contribution in [0, 0.1) is 17.6 Å². The quantitative estimate of drug-likeness (QED) is 0.694. The van der Waals surface area contributed by atoms with Crippen molar-refractivity contribution in [2.75, 3.05) is 24.5 Å². The van der Waals surface area contributed by atoms with Gasteiger partial charge in [-0.05, 0) is 24.5 Å². The molecule has 3 aromatic rings. The van der Waals surface area contributed by atoms with Crippen LogP contribution in [0.4, 0.5) is 14.5 Å². The van der Waals surface area contributed by atoms with Gasteiger partial charge in [0.2, 0.25) is 0 Å². The van der Waals surface area contributed by atoms with Crippen LogP contribution < -0.4 is 10.2 Å². The van der Waals surface area contributed by atoms with Crippen LogP contribution in [0.5, 0.6) is 0 Å². The molecule has 0 aliphatic carbocycles. The molecule has 1 saturated heterocycles. The van der Waals surface area contributed by atoms with Crippen molar-refractivity contribution in [3.8, 4) is 10.6 Å². The molecule has 7 heteroatoms. The third-order valence-electron chi connectivity index (χ3n) is 4.86. The fourth-order valence-corrected chi connectivity index (χ4v) is 4.17. The first-order valence-corrected chi connectivity index (χ1v) is 9.91. The van der Waals surface area contributed by atoms with Crippen molar-refractivity contribution in [2.24, 2.45) is 5.92 Å². The van der Waals surface area contributed by atoms with Crippen LogP contribution in [0.3, 0.4) is 0 Å². The molecule has 0 radical (unpaired) electrons. The van der Waals surface area contributed by atoms with E-state index in [-0.39, 0.29) is 11.8 Å². The highest BCUT2D eigenvalue weighted by molar-refractivity contribution is 7.16. The normalized spacial score (nSPS) is 16.4. The van der Waals surface area contributed by atoms with Crippen LogP contribution in [0.1, 0.15) is 16.1 Å². The molecule has 0 saturated carbocycles. The zero-order valence-corrected chi connectivity index (χ0v) is 15.9. The Labute approximate surface area is 165 Å². The Balaban J connectivity index is 1.32. The number of thiazole rings is 1. The van der Waals surface area contributed by atoms with Crippen molar-refractivity contribution in [2.45, 2.75) is 6.42 Å². The smallest absolute Gasteiger partial charge is 0.263 e. The van der Waals surface area contributed by atoms with Crippen LogP contribution in [-0.2, 0) is 0 Å². The van der Waals surface area contributed by atoms with E-state index < -0.39 is 11.6 Å². The monoisotopic (exact) mass is 399 g/mol. The number of carbonyl (C=O) groups excluding carboxylic acids is 1. The van der Waals surface area contributed by atoms with E-state index in [4.69, 9.17) is 0 Å². The van der Waals surface area contributed by atoms with Gasteiger partial charge < -0.3 is 10.2 Å². The molecule has 1 amide bonds. The number of nitrogens with one attached hydrogen (secondary N) is 1. The number of amides is 1. The van der Waals surface area contributed by atoms with Gasteiger partial charge in [0.05, 0.1) is 6.20 Å². The minimum atomic E-state index is -0.841. The predicted octanol–water partition coefficient (Wildman–Crippen LogP) is 4.34. The predicted molar refractivity (Wildman–Crippen MR) is 107 cm³/mol. The molecule has 0 spiro atoms. The summed E-state index contributed by atoms with van der Waals surface area (Å²) in [5, 5.41) is 3.78. The first-order valence-electron chi connectivity index (χ1n) is 9.09. The second kappa shape index (κ2) is 8.06. The molecule has 1 aromatic heterocycles. The summed E-state index contributed by atoms with van der Waals surface area (Å²) in [5.74, 6) is -1.55. The van der Waals surface area contributed by atoms with Crippen LogP contribution in [-0.4, -0.2) is 30.5 Å². The summed E-state index contributed by atoms with van der Waals surface area (Å²) in [5.41, 5.74) is 1.66. The molecule has 1 unspecified atom stereocenters. The number of aromatic nitrogens is 1. The molecule has 2 aromatic carbocycles. The minimum absolute atomic E-state index is 0.133. The van der Waals surface area contributed by atoms with Gasteiger partial charge in [0.15, 0.2) is 11.6 Å². The average molecular weight is 399 g/mol. The number of halogens is 2. The number of anilines is 1. The van der Waals surface area contributed by atoms with Crippen molar-refractivity contribution >= 4 is 22.9 Å². The summed E-state index contributed by atoms with van der Waals surface area (Å²) < 4.78 is 26.5. The third-order valence-corrected chi connectivity index (χ3v) is 5.90. The zero-order valence-electron chi connectivity index (χ0n) is 15.1. The van der Waals surface area contributed by atoms with Gasteiger partial charge in [-0.2, -0.15) is 0 Å². The standard InChI is InChI=1S/C21H19F2N3OS/c22-17-7-6-16(10-18(17)23)26-9-8-14(13-26)11-24-20(27)19-12-25-21(28-19)15-4-2-1-3-5-15/h1-7,10,12,14H,8-9,11,13H2,(H,24,27). The molecule has 4 rings (SSSR count). The molecule has 28 heavy (non-hydrogen) atoms. The lowest BCUT2D eigenvalue weighted by Gasteiger charge is -2.19. The fourth-order valence-electron chi connectivity index (χ4n) is 3.33. The maximum Gasteiger partial charge on any atom is 0.263 e. The van der Waals surface area contributed by atoms with Gasteiger partial charge in [0, 0.05) is 37.0 Å². The Hall–Kier alpha value is -2.80. The average Bonchev–Trinajstić information content (AvgIpc) is 3.39. The summed E-state index contributed by atoms with van der Waals surface area (Å²) in [7, 11) is 0. The highest BCUT2D eigenvalue weighted by atomic mass is 32.1. The molecular formula is C21H19F2N3OS. The van der Waals surface area contributed by atoms with Gasteiger partial charge in [0.1, 0.15) is 9.88 Å². The summed E-state index contributed by atoms with van der Waals surface area (Å²) in [6.07, 6.45) is 2.49. The highest BCUT2D eigenvalue weighted by Gasteiger charge is 2.24. The van der Waals surface area contributed by atoms with Gasteiger partial charge in [-0.1, -0.05) is 30.3 Å². The number of rotatable bonds is 5. The third kappa shape index (κ3) is 4.04. The highest BCUT2D eigenvalue weighted by Crippen LogP contribution is 2.26. The Morgan fingerprint density at radius 2 is 2.00 bits per heavy atom. The van der Waals surface area contributed by atoms with E-state index in [0.717, 1.165) is 29.6 Å². The van der Waals surface area contributed by atoms with E-state index in [2.05, 4.69) is 10.3 Å². The number of carbonyl (C=O) groups is 1. The maximum atomic E-state index is 13.4. The summed E-state index contributed by atoms with van der Waals surface area (Å²) in [6.45, 7) is 1.99. The van der Waals surface area contributed by atoms with Crippen molar-refractivity contribution in [3.63, 3.8) is 0 Å². The van der Waals surface area contributed by atoms with Crippen LogP contribution in [0.2, 0.25) is 0 Å². The second-order valence-electron chi connectivity index (χ2n) is 6.80. The van der Waals surface area contributed by atoms with Crippen molar-refractivity contribution in [1.82, 2.24) is 10.3 Å². The molecule has 1 aliphatic rings. The topological polar surface area (TPSA) is 45.2 Å². The van der Waals surface area contributed by atoms with Crippen LogP contribution in [0.15, 0.2) is 54.7 Å². The Bertz CT molecular complexity index is 977. The minimum Gasteiger partial charge on any atom is -0.371 e. The Morgan fingerprint density at radius 1 is 1.18 bits per heavy atom. The van der Waals surface area contributed by atoms with E-state index >= 15 is 0 Å². The first-order chi connectivity index (χ1) is 13.6. The molecule has 1 atom stereocenters. The summed E-state index contributed by atoms with van der Waals surface area (Å²) in [4.78, 5) is 19.4. The zero-order chi connectivity index (χ0) is 19.5. The van der Waals surface area contributed by atoms with Crippen molar-refractivity contribution in [1.29, 1.82) is 0 Å². The molecule has 1 fully saturated rings. The van der Waals surface area contributed by atoms with E-state index in [1.165, 1.54) is 17.4 Å².